The zero-order valence-corrected chi connectivity index (χ0v) is 9.65. The standard InChI is InChI=1S/C7H6ClO.Sn.H/c1-9-7-4-2-6(8)3-5-7;;/h2-4H,1H3;;. The van der Waals surface area contributed by atoms with Crippen LogP contribution >= 0.6 is 11.6 Å². The fraction of sp³-hybridized carbons (Fsp3) is 0.143. The topological polar surface area (TPSA) is 9.23 Å². The Bertz CT molecular complexity index is 237. The molecule has 3 heteroatoms. The number of ether oxygens (including phenoxy) is 1. The predicted octanol–water partition coefficient (Wildman–Crippen LogP) is 0.875. The number of hydrogen-bond donors (Lipinski definition) is 0. The quantitative estimate of drug-likeness (QED) is 0.682. The van der Waals surface area contributed by atoms with Crippen molar-refractivity contribution in [2.45, 2.75) is 0 Å². The second-order valence-electron chi connectivity index (χ2n) is 1.89. The molecule has 0 fully saturated rings. The minimum absolute atomic E-state index is 0.781. The first kappa shape index (κ1) is 8.21. The van der Waals surface area contributed by atoms with Crippen LogP contribution < -0.4 is 8.32 Å². The van der Waals surface area contributed by atoms with Gasteiger partial charge < -0.3 is 0 Å². The molecular formula is C7H7ClOSn. The molecule has 0 bridgehead atoms. The van der Waals surface area contributed by atoms with Crippen LogP contribution in [0.1, 0.15) is 0 Å². The van der Waals surface area contributed by atoms with Gasteiger partial charge in [0.25, 0.3) is 0 Å². The van der Waals surface area contributed by atoms with Crippen LogP contribution in [-0.2, 0) is 0 Å². The van der Waals surface area contributed by atoms with Crippen LogP contribution in [0.2, 0.25) is 5.02 Å². The van der Waals surface area contributed by atoms with E-state index in [1.54, 1.807) is 7.11 Å². The molecule has 0 aliphatic carbocycles. The third-order valence-corrected chi connectivity index (χ3v) is 2.71. The van der Waals surface area contributed by atoms with Gasteiger partial charge in [0.2, 0.25) is 0 Å². The van der Waals surface area contributed by atoms with Crippen LogP contribution in [0.5, 0.6) is 5.75 Å². The molecule has 52 valence electrons. The number of rotatable bonds is 1. The molecule has 0 saturated heterocycles. The van der Waals surface area contributed by atoms with Crippen LogP contribution in [0.4, 0.5) is 0 Å². The van der Waals surface area contributed by atoms with E-state index in [1.807, 2.05) is 18.2 Å². The van der Waals surface area contributed by atoms with Gasteiger partial charge in [-0.1, -0.05) is 0 Å². The normalized spacial score (nSPS) is 9.50. The van der Waals surface area contributed by atoms with Gasteiger partial charge in [0.15, 0.2) is 0 Å². The Labute approximate surface area is 78.4 Å². The number of hydrogen-bond acceptors (Lipinski definition) is 1. The Morgan fingerprint density at radius 1 is 1.50 bits per heavy atom. The summed E-state index contributed by atoms with van der Waals surface area (Å²) in [5.41, 5.74) is 0. The minimum atomic E-state index is 0.781. The molecule has 0 aliphatic rings. The van der Waals surface area contributed by atoms with Gasteiger partial charge in [-0.25, -0.2) is 0 Å². The fourth-order valence-electron chi connectivity index (χ4n) is 0.705. The van der Waals surface area contributed by atoms with Crippen molar-refractivity contribution in [2.24, 2.45) is 0 Å². The number of methoxy groups -OCH3 is 1. The van der Waals surface area contributed by atoms with Gasteiger partial charge in [-0.2, -0.15) is 0 Å². The maximum absolute atomic E-state index is 5.74. The van der Waals surface area contributed by atoms with E-state index < -0.39 is 0 Å². The Kier molecular flexibility index (Phi) is 2.86. The summed E-state index contributed by atoms with van der Waals surface area (Å²) in [6.45, 7) is 0. The molecule has 0 heterocycles. The van der Waals surface area contributed by atoms with Gasteiger partial charge in [0.05, 0.1) is 0 Å². The van der Waals surface area contributed by atoms with Gasteiger partial charge in [-0.15, -0.1) is 0 Å². The van der Waals surface area contributed by atoms with E-state index in [4.69, 9.17) is 16.3 Å². The summed E-state index contributed by atoms with van der Waals surface area (Å²) in [4.78, 5) is 0. The molecule has 1 aromatic carbocycles. The average Bonchev–Trinajstić information content (AvgIpc) is 1.88. The van der Waals surface area contributed by atoms with Crippen molar-refractivity contribution in [3.8, 4) is 5.75 Å². The molecule has 0 aromatic heterocycles. The van der Waals surface area contributed by atoms with Gasteiger partial charge in [-0.3, -0.25) is 0 Å². The first-order valence-corrected chi connectivity index (χ1v) is 4.85. The second kappa shape index (κ2) is 3.49. The molecule has 0 aliphatic heterocycles. The van der Waals surface area contributed by atoms with Crippen molar-refractivity contribution in [2.75, 3.05) is 7.11 Å². The fourth-order valence-corrected chi connectivity index (χ4v) is 2.31. The average molecular weight is 261 g/mol. The summed E-state index contributed by atoms with van der Waals surface area (Å²) in [7, 11) is 1.67. The van der Waals surface area contributed by atoms with Crippen molar-refractivity contribution >= 4 is 37.7 Å². The van der Waals surface area contributed by atoms with Gasteiger partial charge in [-0.05, 0) is 0 Å². The molecule has 0 unspecified atom stereocenters. The molecule has 1 nitrogen and oxygen atoms in total. The first-order valence-electron chi connectivity index (χ1n) is 2.83. The number of halogens is 1. The van der Waals surface area contributed by atoms with Crippen LogP contribution in [0.25, 0.3) is 0 Å². The van der Waals surface area contributed by atoms with Crippen molar-refractivity contribution in [1.29, 1.82) is 0 Å². The zero-order valence-electron chi connectivity index (χ0n) is 5.60. The Morgan fingerprint density at radius 2 is 2.20 bits per heavy atom. The maximum atomic E-state index is 5.74. The molecule has 1 rings (SSSR count). The van der Waals surface area contributed by atoms with E-state index in [0.29, 0.717) is 0 Å². The Morgan fingerprint density at radius 3 is 2.70 bits per heavy atom. The van der Waals surface area contributed by atoms with E-state index in [-0.39, 0.29) is 0 Å². The molecule has 10 heavy (non-hydrogen) atoms. The molecule has 0 saturated carbocycles. The van der Waals surface area contributed by atoms with Crippen LogP contribution in [0, 0.1) is 0 Å². The van der Waals surface area contributed by atoms with Gasteiger partial charge in [0, 0.05) is 0 Å². The van der Waals surface area contributed by atoms with Crippen molar-refractivity contribution in [3.05, 3.63) is 23.2 Å². The summed E-state index contributed by atoms with van der Waals surface area (Å²) >= 11 is 6.78. The summed E-state index contributed by atoms with van der Waals surface area (Å²) in [6, 6.07) is 5.66. The monoisotopic (exact) mass is 262 g/mol. The third-order valence-electron chi connectivity index (χ3n) is 1.19. The van der Waals surface area contributed by atoms with E-state index >= 15 is 0 Å². The molecule has 2 radical (unpaired) electrons. The van der Waals surface area contributed by atoms with E-state index in [1.165, 1.54) is 3.58 Å². The molecular weight excluding hydrogens is 254 g/mol. The summed E-state index contributed by atoms with van der Waals surface area (Å²) in [5, 5.41) is 0.781. The third kappa shape index (κ3) is 1.80. The molecule has 0 spiro atoms. The molecule has 1 aromatic rings. The predicted molar refractivity (Wildman–Crippen MR) is 44.8 cm³/mol. The van der Waals surface area contributed by atoms with Crippen LogP contribution in [-0.4, -0.2) is 29.6 Å². The Balaban J connectivity index is 3.07. The van der Waals surface area contributed by atoms with Gasteiger partial charge >= 0.3 is 78.5 Å². The van der Waals surface area contributed by atoms with Crippen LogP contribution in [0.15, 0.2) is 18.2 Å². The zero-order chi connectivity index (χ0) is 7.56. The molecule has 0 N–H and O–H groups in total. The van der Waals surface area contributed by atoms with E-state index in [0.717, 1.165) is 33.3 Å². The van der Waals surface area contributed by atoms with Crippen LogP contribution in [0.3, 0.4) is 0 Å². The van der Waals surface area contributed by atoms with Crippen molar-refractivity contribution in [1.82, 2.24) is 0 Å². The summed E-state index contributed by atoms with van der Waals surface area (Å²) in [5.74, 6) is 0.937. The van der Waals surface area contributed by atoms with E-state index in [9.17, 15) is 0 Å². The summed E-state index contributed by atoms with van der Waals surface area (Å²) in [6.07, 6.45) is 0. The van der Waals surface area contributed by atoms with Gasteiger partial charge in [0.1, 0.15) is 0 Å². The molecule has 0 amide bonds. The molecule has 0 atom stereocenters. The second-order valence-corrected chi connectivity index (χ2v) is 4.10. The van der Waals surface area contributed by atoms with E-state index in [2.05, 4.69) is 0 Å². The van der Waals surface area contributed by atoms with Crippen molar-refractivity contribution < 1.29 is 4.74 Å². The van der Waals surface area contributed by atoms with Crippen molar-refractivity contribution in [3.63, 3.8) is 0 Å². The SMILES string of the molecule is COc1ccc(Cl)c[c]1[SnH]. The summed E-state index contributed by atoms with van der Waals surface area (Å²) < 4.78 is 6.27. The Hall–Kier alpha value is 0.109. The first-order chi connectivity index (χ1) is 4.74. The number of benzene rings is 1.